The van der Waals surface area contributed by atoms with Crippen LogP contribution in [0, 0.1) is 0 Å². The molecule has 1 aliphatic rings. The van der Waals surface area contributed by atoms with Gasteiger partial charge in [-0.25, -0.2) is 4.68 Å². The lowest BCUT2D eigenvalue weighted by atomic mass is 10.2. The van der Waals surface area contributed by atoms with Gasteiger partial charge < -0.3 is 5.32 Å². The average molecular weight is 214 g/mol. The molecule has 4 heteroatoms. The Bertz CT molecular complexity index is 457. The zero-order valence-electron chi connectivity index (χ0n) is 9.00. The van der Waals surface area contributed by atoms with E-state index in [1.165, 1.54) is 6.42 Å². The molecule has 1 saturated heterocycles. The summed E-state index contributed by atoms with van der Waals surface area (Å²) in [6, 6.07) is 10.5. The van der Waals surface area contributed by atoms with Gasteiger partial charge in [-0.05, 0) is 31.5 Å². The van der Waals surface area contributed by atoms with Crippen LogP contribution in [0.1, 0.15) is 24.6 Å². The first kappa shape index (κ1) is 9.54. The second kappa shape index (κ2) is 4.06. The Morgan fingerprint density at radius 3 is 2.88 bits per heavy atom. The summed E-state index contributed by atoms with van der Waals surface area (Å²) in [4.78, 5) is 0. The fourth-order valence-electron chi connectivity index (χ4n) is 2.08. The summed E-state index contributed by atoms with van der Waals surface area (Å²) in [6.07, 6.45) is 4.40. The number of hydrogen-bond donors (Lipinski definition) is 1. The van der Waals surface area contributed by atoms with Crippen LogP contribution in [0.25, 0.3) is 5.69 Å². The van der Waals surface area contributed by atoms with Crippen molar-refractivity contribution in [2.45, 2.75) is 18.9 Å². The van der Waals surface area contributed by atoms with Crippen LogP contribution in [0.3, 0.4) is 0 Å². The lowest BCUT2D eigenvalue weighted by Gasteiger charge is -2.03. The smallest absolute Gasteiger partial charge is 0.100 e. The molecule has 0 aliphatic carbocycles. The summed E-state index contributed by atoms with van der Waals surface area (Å²) in [5, 5.41) is 11.8. The van der Waals surface area contributed by atoms with E-state index in [-0.39, 0.29) is 0 Å². The van der Waals surface area contributed by atoms with Gasteiger partial charge in [0.15, 0.2) is 0 Å². The topological polar surface area (TPSA) is 42.7 Å². The lowest BCUT2D eigenvalue weighted by molar-refractivity contribution is 0.625. The van der Waals surface area contributed by atoms with E-state index in [0.717, 1.165) is 24.3 Å². The van der Waals surface area contributed by atoms with Crippen molar-refractivity contribution < 1.29 is 0 Å². The van der Waals surface area contributed by atoms with Crippen molar-refractivity contribution in [2.75, 3.05) is 6.54 Å². The first-order valence-corrected chi connectivity index (χ1v) is 5.64. The molecule has 1 aromatic carbocycles. The third-order valence-corrected chi connectivity index (χ3v) is 2.95. The minimum absolute atomic E-state index is 0.387. The van der Waals surface area contributed by atoms with Gasteiger partial charge >= 0.3 is 0 Å². The molecule has 0 bridgehead atoms. The highest BCUT2D eigenvalue weighted by Gasteiger charge is 2.19. The molecule has 0 spiro atoms. The van der Waals surface area contributed by atoms with Crippen LogP contribution >= 0.6 is 0 Å². The number of rotatable bonds is 2. The number of aromatic nitrogens is 3. The molecule has 2 aromatic rings. The van der Waals surface area contributed by atoms with Crippen molar-refractivity contribution in [2.24, 2.45) is 0 Å². The van der Waals surface area contributed by atoms with E-state index in [1.807, 2.05) is 41.2 Å². The number of para-hydroxylation sites is 1. The summed E-state index contributed by atoms with van der Waals surface area (Å²) < 4.78 is 1.83. The molecule has 4 nitrogen and oxygen atoms in total. The zero-order chi connectivity index (χ0) is 10.8. The Morgan fingerprint density at radius 2 is 2.12 bits per heavy atom. The van der Waals surface area contributed by atoms with Crippen LogP contribution in [-0.4, -0.2) is 21.5 Å². The normalized spacial score (nSPS) is 20.1. The molecule has 3 rings (SSSR count). The van der Waals surface area contributed by atoms with E-state index in [1.54, 1.807) is 0 Å². The van der Waals surface area contributed by atoms with Crippen molar-refractivity contribution in [3.05, 3.63) is 42.2 Å². The highest BCUT2D eigenvalue weighted by Crippen LogP contribution is 2.21. The summed E-state index contributed by atoms with van der Waals surface area (Å²) in [6.45, 7) is 1.09. The molecule has 1 aliphatic heterocycles. The lowest BCUT2D eigenvalue weighted by Crippen LogP contribution is -2.13. The Labute approximate surface area is 94.3 Å². The van der Waals surface area contributed by atoms with E-state index in [4.69, 9.17) is 0 Å². The summed E-state index contributed by atoms with van der Waals surface area (Å²) in [7, 11) is 0. The van der Waals surface area contributed by atoms with Gasteiger partial charge in [0.05, 0.1) is 17.9 Å². The second-order valence-corrected chi connectivity index (χ2v) is 4.07. The van der Waals surface area contributed by atoms with Crippen LogP contribution in [0.2, 0.25) is 0 Å². The maximum Gasteiger partial charge on any atom is 0.100 e. The minimum Gasteiger partial charge on any atom is -0.309 e. The fraction of sp³-hybridized carbons (Fsp3) is 0.333. The highest BCUT2D eigenvalue weighted by atomic mass is 15.4. The van der Waals surface area contributed by atoms with Crippen LogP contribution < -0.4 is 5.32 Å². The predicted octanol–water partition coefficient (Wildman–Crippen LogP) is 1.69. The molecular formula is C12H14N4. The molecular weight excluding hydrogens is 200 g/mol. The molecule has 1 atom stereocenters. The zero-order valence-corrected chi connectivity index (χ0v) is 9.00. The maximum atomic E-state index is 4.23. The second-order valence-electron chi connectivity index (χ2n) is 4.07. The molecule has 1 aromatic heterocycles. The number of benzene rings is 1. The van der Waals surface area contributed by atoms with Gasteiger partial charge in [-0.3, -0.25) is 0 Å². The Balaban J connectivity index is 1.87. The predicted molar refractivity (Wildman–Crippen MR) is 61.3 cm³/mol. The molecule has 0 radical (unpaired) electrons. The molecule has 0 saturated carbocycles. The SMILES string of the molecule is c1ccc(-n2cc([C@@H]3CCCN3)nn2)cc1. The van der Waals surface area contributed by atoms with E-state index >= 15 is 0 Å². The fourth-order valence-corrected chi connectivity index (χ4v) is 2.08. The minimum atomic E-state index is 0.387. The molecule has 1 fully saturated rings. The van der Waals surface area contributed by atoms with Gasteiger partial charge in [-0.15, -0.1) is 5.10 Å². The van der Waals surface area contributed by atoms with E-state index in [9.17, 15) is 0 Å². The van der Waals surface area contributed by atoms with Crippen molar-refractivity contribution in [3.63, 3.8) is 0 Å². The summed E-state index contributed by atoms with van der Waals surface area (Å²) in [5.41, 5.74) is 2.10. The Kier molecular flexibility index (Phi) is 2.42. The van der Waals surface area contributed by atoms with Gasteiger partial charge in [0, 0.05) is 0 Å². The van der Waals surface area contributed by atoms with Gasteiger partial charge in [-0.1, -0.05) is 23.4 Å². The monoisotopic (exact) mass is 214 g/mol. The third kappa shape index (κ3) is 1.72. The highest BCUT2D eigenvalue weighted by molar-refractivity contribution is 5.30. The molecule has 0 unspecified atom stereocenters. The van der Waals surface area contributed by atoms with Crippen molar-refractivity contribution in [3.8, 4) is 5.69 Å². The van der Waals surface area contributed by atoms with Crippen LogP contribution in [0.5, 0.6) is 0 Å². The first-order chi connectivity index (χ1) is 7.93. The van der Waals surface area contributed by atoms with Crippen molar-refractivity contribution >= 4 is 0 Å². The largest absolute Gasteiger partial charge is 0.309 e. The van der Waals surface area contributed by atoms with Crippen LogP contribution in [0.15, 0.2) is 36.5 Å². The van der Waals surface area contributed by atoms with Crippen LogP contribution in [-0.2, 0) is 0 Å². The number of nitrogens with one attached hydrogen (secondary N) is 1. The van der Waals surface area contributed by atoms with Gasteiger partial charge in [-0.2, -0.15) is 0 Å². The van der Waals surface area contributed by atoms with Gasteiger partial charge in [0.25, 0.3) is 0 Å². The molecule has 16 heavy (non-hydrogen) atoms. The Hall–Kier alpha value is -1.68. The van der Waals surface area contributed by atoms with E-state index < -0.39 is 0 Å². The quantitative estimate of drug-likeness (QED) is 0.827. The maximum absolute atomic E-state index is 4.23. The third-order valence-electron chi connectivity index (χ3n) is 2.95. The Morgan fingerprint density at radius 1 is 1.25 bits per heavy atom. The standard InChI is InChI=1S/C12H14N4/c1-2-5-10(6-3-1)16-9-12(14-15-16)11-7-4-8-13-11/h1-3,5-6,9,11,13H,4,7-8H2/t11-/m0/s1. The van der Waals surface area contributed by atoms with Crippen molar-refractivity contribution in [1.29, 1.82) is 0 Å². The summed E-state index contributed by atoms with van der Waals surface area (Å²) in [5.74, 6) is 0. The summed E-state index contributed by atoms with van der Waals surface area (Å²) >= 11 is 0. The number of hydrogen-bond acceptors (Lipinski definition) is 3. The van der Waals surface area contributed by atoms with Gasteiger partial charge in [0.1, 0.15) is 5.69 Å². The molecule has 0 amide bonds. The van der Waals surface area contributed by atoms with Crippen molar-refractivity contribution in [1.82, 2.24) is 20.3 Å². The first-order valence-electron chi connectivity index (χ1n) is 5.64. The van der Waals surface area contributed by atoms with Gasteiger partial charge in [0.2, 0.25) is 0 Å². The number of nitrogens with zero attached hydrogens (tertiary/aromatic N) is 3. The van der Waals surface area contributed by atoms with Crippen LogP contribution in [0.4, 0.5) is 0 Å². The average Bonchev–Trinajstić information content (AvgIpc) is 3.01. The van der Waals surface area contributed by atoms with E-state index in [2.05, 4.69) is 15.6 Å². The molecule has 2 heterocycles. The molecule has 1 N–H and O–H groups in total. The molecule has 82 valence electrons. The van der Waals surface area contributed by atoms with E-state index in [0.29, 0.717) is 6.04 Å².